The van der Waals surface area contributed by atoms with Gasteiger partial charge in [-0.3, -0.25) is 9.59 Å². The molecule has 4 rings (SSSR count). The lowest BCUT2D eigenvalue weighted by molar-refractivity contribution is -0.141. The fourth-order valence-corrected chi connectivity index (χ4v) is 5.26. The van der Waals surface area contributed by atoms with E-state index in [2.05, 4.69) is 68.6 Å². The molecule has 0 heterocycles. The Morgan fingerprint density at radius 1 is 0.806 bits per heavy atom. The van der Waals surface area contributed by atoms with Crippen LogP contribution in [0.4, 0.5) is 0 Å². The number of carbonyl (C=O) groups excluding carboxylic acids is 2. The Balaban J connectivity index is 1.66. The minimum absolute atomic E-state index is 0.0249. The van der Waals surface area contributed by atoms with Crippen LogP contribution in [0.2, 0.25) is 0 Å². The maximum Gasteiger partial charge on any atom is 0.243 e. The van der Waals surface area contributed by atoms with Crippen LogP contribution in [0.3, 0.4) is 0 Å². The highest BCUT2D eigenvalue weighted by molar-refractivity contribution is 5.89. The van der Waals surface area contributed by atoms with Gasteiger partial charge in [0, 0.05) is 19.0 Å². The Kier molecular flexibility index (Phi) is 8.58. The summed E-state index contributed by atoms with van der Waals surface area (Å²) in [7, 11) is 0. The summed E-state index contributed by atoms with van der Waals surface area (Å²) >= 11 is 0. The first-order valence-corrected chi connectivity index (χ1v) is 13.1. The molecule has 3 aromatic carbocycles. The number of rotatable bonds is 9. The minimum Gasteiger partial charge on any atom is -0.352 e. The molecule has 0 aromatic heterocycles. The van der Waals surface area contributed by atoms with E-state index in [-0.39, 0.29) is 24.3 Å². The van der Waals surface area contributed by atoms with Crippen molar-refractivity contribution in [2.75, 3.05) is 0 Å². The molecule has 0 unspecified atom stereocenters. The SMILES string of the molecule is Cc1ccc(CN(C(=O)Cc2cc(C)cc(C)c2)[C@H](Cc2ccccc2)C(=O)NC2CCCC2)cc1. The third kappa shape index (κ3) is 7.07. The zero-order chi connectivity index (χ0) is 25.5. The lowest BCUT2D eigenvalue weighted by atomic mass is 10.00. The number of nitrogens with zero attached hydrogens (tertiary/aromatic N) is 1. The second-order valence-electron chi connectivity index (χ2n) is 10.4. The number of amides is 2. The first-order chi connectivity index (χ1) is 17.4. The Labute approximate surface area is 215 Å². The molecule has 1 atom stereocenters. The average Bonchev–Trinajstić information content (AvgIpc) is 3.35. The molecule has 0 spiro atoms. The minimum atomic E-state index is -0.576. The Hall–Kier alpha value is -3.40. The molecule has 1 aliphatic rings. The normalized spacial score (nSPS) is 14.4. The van der Waals surface area contributed by atoms with Gasteiger partial charge >= 0.3 is 0 Å². The maximum atomic E-state index is 13.9. The van der Waals surface area contributed by atoms with Gasteiger partial charge in [-0.1, -0.05) is 102 Å². The number of benzene rings is 3. The highest BCUT2D eigenvalue weighted by Gasteiger charge is 2.32. The zero-order valence-corrected chi connectivity index (χ0v) is 21.8. The number of carbonyl (C=O) groups is 2. The van der Waals surface area contributed by atoms with Gasteiger partial charge in [-0.2, -0.15) is 0 Å². The topological polar surface area (TPSA) is 49.4 Å². The van der Waals surface area contributed by atoms with Crippen molar-refractivity contribution >= 4 is 11.8 Å². The zero-order valence-electron chi connectivity index (χ0n) is 21.8. The van der Waals surface area contributed by atoms with Gasteiger partial charge < -0.3 is 10.2 Å². The third-order valence-electron chi connectivity index (χ3n) is 7.08. The molecular formula is C32H38N2O2. The summed E-state index contributed by atoms with van der Waals surface area (Å²) in [5.74, 6) is -0.0743. The van der Waals surface area contributed by atoms with Gasteiger partial charge in [0.2, 0.25) is 11.8 Å². The van der Waals surface area contributed by atoms with E-state index in [0.717, 1.165) is 53.5 Å². The van der Waals surface area contributed by atoms with Crippen molar-refractivity contribution in [2.45, 2.75) is 77.9 Å². The molecule has 0 saturated heterocycles. The van der Waals surface area contributed by atoms with Crippen molar-refractivity contribution < 1.29 is 9.59 Å². The Morgan fingerprint density at radius 3 is 2.08 bits per heavy atom. The summed E-state index contributed by atoms with van der Waals surface area (Å²) < 4.78 is 0. The summed E-state index contributed by atoms with van der Waals surface area (Å²) in [6.45, 7) is 6.57. The monoisotopic (exact) mass is 482 g/mol. The summed E-state index contributed by atoms with van der Waals surface area (Å²) in [5, 5.41) is 3.28. The van der Waals surface area contributed by atoms with Gasteiger partial charge in [-0.05, 0) is 50.3 Å². The van der Waals surface area contributed by atoms with E-state index in [4.69, 9.17) is 0 Å². The smallest absolute Gasteiger partial charge is 0.243 e. The van der Waals surface area contributed by atoms with Crippen molar-refractivity contribution in [3.63, 3.8) is 0 Å². The summed E-state index contributed by atoms with van der Waals surface area (Å²) in [5.41, 5.74) is 6.52. The van der Waals surface area contributed by atoms with Crippen molar-refractivity contribution in [3.8, 4) is 0 Å². The predicted octanol–water partition coefficient (Wildman–Crippen LogP) is 5.85. The van der Waals surface area contributed by atoms with E-state index in [9.17, 15) is 9.59 Å². The highest BCUT2D eigenvalue weighted by Crippen LogP contribution is 2.21. The molecular weight excluding hydrogens is 444 g/mol. The van der Waals surface area contributed by atoms with Crippen molar-refractivity contribution in [1.29, 1.82) is 0 Å². The Bertz CT molecular complexity index is 1140. The maximum absolute atomic E-state index is 13.9. The molecule has 0 aliphatic heterocycles. The molecule has 1 saturated carbocycles. The second kappa shape index (κ2) is 12.0. The van der Waals surface area contributed by atoms with Crippen molar-refractivity contribution in [2.24, 2.45) is 0 Å². The van der Waals surface area contributed by atoms with E-state index >= 15 is 0 Å². The van der Waals surface area contributed by atoms with Crippen molar-refractivity contribution in [1.82, 2.24) is 10.2 Å². The molecule has 1 fully saturated rings. The molecule has 4 heteroatoms. The fraction of sp³-hybridized carbons (Fsp3) is 0.375. The summed E-state index contributed by atoms with van der Waals surface area (Å²) in [6.07, 6.45) is 5.08. The molecule has 2 amide bonds. The second-order valence-corrected chi connectivity index (χ2v) is 10.4. The van der Waals surface area contributed by atoms with E-state index in [1.165, 1.54) is 5.56 Å². The molecule has 1 N–H and O–H groups in total. The van der Waals surface area contributed by atoms with E-state index in [1.54, 1.807) is 4.90 Å². The van der Waals surface area contributed by atoms with Crippen LogP contribution < -0.4 is 5.32 Å². The van der Waals surface area contributed by atoms with Crippen LogP contribution in [-0.2, 0) is 29.0 Å². The van der Waals surface area contributed by atoms with Crippen LogP contribution in [0, 0.1) is 20.8 Å². The number of nitrogens with one attached hydrogen (secondary N) is 1. The molecule has 36 heavy (non-hydrogen) atoms. The predicted molar refractivity (Wildman–Crippen MR) is 146 cm³/mol. The van der Waals surface area contributed by atoms with E-state index in [0.29, 0.717) is 13.0 Å². The standard InChI is InChI=1S/C32H38N2O2/c1-23-13-15-27(16-14-23)22-34(31(35)21-28-18-24(2)17-25(3)19-28)30(20-26-9-5-4-6-10-26)32(36)33-29-11-7-8-12-29/h4-6,9-10,13-19,29-30H,7-8,11-12,20-22H2,1-3H3,(H,33,36)/t30-/m1/s1. The van der Waals surface area contributed by atoms with Crippen LogP contribution in [0.5, 0.6) is 0 Å². The van der Waals surface area contributed by atoms with Crippen LogP contribution in [-0.4, -0.2) is 28.8 Å². The number of hydrogen-bond acceptors (Lipinski definition) is 2. The third-order valence-corrected chi connectivity index (χ3v) is 7.08. The molecule has 0 bridgehead atoms. The summed E-state index contributed by atoms with van der Waals surface area (Å²) in [6, 6.07) is 24.1. The average molecular weight is 483 g/mol. The molecule has 1 aliphatic carbocycles. The van der Waals surface area contributed by atoms with Crippen LogP contribution in [0.15, 0.2) is 72.8 Å². The van der Waals surface area contributed by atoms with E-state index in [1.807, 2.05) is 30.3 Å². The molecule has 0 radical (unpaired) electrons. The van der Waals surface area contributed by atoms with Gasteiger partial charge in [-0.25, -0.2) is 0 Å². The van der Waals surface area contributed by atoms with Gasteiger partial charge in [0.1, 0.15) is 6.04 Å². The molecule has 4 nitrogen and oxygen atoms in total. The van der Waals surface area contributed by atoms with Gasteiger partial charge in [-0.15, -0.1) is 0 Å². The van der Waals surface area contributed by atoms with Crippen LogP contribution in [0.1, 0.15) is 59.1 Å². The Morgan fingerprint density at radius 2 is 1.44 bits per heavy atom. The highest BCUT2D eigenvalue weighted by atomic mass is 16.2. The van der Waals surface area contributed by atoms with Gasteiger partial charge in [0.15, 0.2) is 0 Å². The van der Waals surface area contributed by atoms with Crippen LogP contribution >= 0.6 is 0 Å². The molecule has 188 valence electrons. The summed E-state index contributed by atoms with van der Waals surface area (Å²) in [4.78, 5) is 29.5. The fourth-order valence-electron chi connectivity index (χ4n) is 5.26. The lowest BCUT2D eigenvalue weighted by Gasteiger charge is -2.32. The molecule has 3 aromatic rings. The van der Waals surface area contributed by atoms with Gasteiger partial charge in [0.25, 0.3) is 0 Å². The lowest BCUT2D eigenvalue weighted by Crippen LogP contribution is -2.52. The van der Waals surface area contributed by atoms with Gasteiger partial charge in [0.05, 0.1) is 6.42 Å². The van der Waals surface area contributed by atoms with Crippen LogP contribution in [0.25, 0.3) is 0 Å². The quantitative estimate of drug-likeness (QED) is 0.416. The first-order valence-electron chi connectivity index (χ1n) is 13.1. The largest absolute Gasteiger partial charge is 0.352 e. The number of aryl methyl sites for hydroxylation is 3. The van der Waals surface area contributed by atoms with E-state index < -0.39 is 6.04 Å². The number of hydrogen-bond donors (Lipinski definition) is 1. The first kappa shape index (κ1) is 25.7. The van der Waals surface area contributed by atoms with Crippen molar-refractivity contribution in [3.05, 3.63) is 106 Å².